The van der Waals surface area contributed by atoms with Crippen LogP contribution in [0.25, 0.3) is 0 Å². The molecule has 3 nitrogen and oxygen atoms in total. The Labute approximate surface area is 173 Å². The summed E-state index contributed by atoms with van der Waals surface area (Å²) in [5.74, 6) is 6.78. The van der Waals surface area contributed by atoms with Crippen LogP contribution in [0.4, 0.5) is 4.39 Å². The Bertz CT molecular complexity index is 807. The highest BCUT2D eigenvalue weighted by Gasteiger charge is 2.38. The number of benzene rings is 1. The van der Waals surface area contributed by atoms with E-state index in [-0.39, 0.29) is 11.3 Å². The van der Waals surface area contributed by atoms with E-state index in [0.29, 0.717) is 17.6 Å². The molecule has 1 aliphatic heterocycles. The normalized spacial score (nSPS) is 23.5. The summed E-state index contributed by atoms with van der Waals surface area (Å²) in [5.41, 5.74) is 2.23. The van der Waals surface area contributed by atoms with Crippen LogP contribution in [0.1, 0.15) is 67.3 Å². The number of hydrogen-bond donors (Lipinski definition) is 1. The molecule has 0 spiro atoms. The third kappa shape index (κ3) is 5.48. The summed E-state index contributed by atoms with van der Waals surface area (Å²) < 4.78 is 19.4. The molecule has 1 aromatic rings. The minimum atomic E-state index is -0.936. The van der Waals surface area contributed by atoms with Gasteiger partial charge in [0.15, 0.2) is 0 Å². The van der Waals surface area contributed by atoms with Crippen LogP contribution in [0.2, 0.25) is 0 Å². The zero-order valence-electron chi connectivity index (χ0n) is 17.0. The van der Waals surface area contributed by atoms with Crippen LogP contribution >= 0.6 is 0 Å². The van der Waals surface area contributed by atoms with Crippen molar-refractivity contribution in [2.45, 2.75) is 57.5 Å². The van der Waals surface area contributed by atoms with Crippen LogP contribution in [0.5, 0.6) is 0 Å². The minimum absolute atomic E-state index is 0.0371. The van der Waals surface area contributed by atoms with Crippen LogP contribution in [-0.2, 0) is 4.74 Å². The molecule has 1 saturated carbocycles. The second-order valence-electron chi connectivity index (χ2n) is 8.83. The van der Waals surface area contributed by atoms with E-state index >= 15 is 0 Å². The largest absolute Gasteiger partial charge is 0.381 e. The Morgan fingerprint density at radius 2 is 1.90 bits per heavy atom. The van der Waals surface area contributed by atoms with Gasteiger partial charge in [-0.05, 0) is 74.1 Å². The van der Waals surface area contributed by atoms with Gasteiger partial charge in [-0.3, -0.25) is 4.79 Å². The van der Waals surface area contributed by atoms with Crippen molar-refractivity contribution in [3.8, 4) is 11.8 Å². The Kier molecular flexibility index (Phi) is 6.35. The molecule has 1 atom stereocenters. The molecule has 4 rings (SSSR count). The molecule has 1 saturated heterocycles. The van der Waals surface area contributed by atoms with Crippen LogP contribution in [-0.4, -0.2) is 31.8 Å². The Morgan fingerprint density at radius 3 is 2.59 bits per heavy atom. The molecule has 4 heteroatoms. The van der Waals surface area contributed by atoms with E-state index in [0.717, 1.165) is 56.9 Å². The average Bonchev–Trinajstić information content (AvgIpc) is 3.56. The predicted octanol–water partition coefficient (Wildman–Crippen LogP) is 4.81. The quantitative estimate of drug-likeness (QED) is 0.727. The lowest BCUT2D eigenvalue weighted by Gasteiger charge is -2.37. The first-order chi connectivity index (χ1) is 14.1. The maximum atomic E-state index is 13.8. The molecule has 1 aromatic carbocycles. The molecule has 0 radical (unpaired) electrons. The fraction of sp³-hybridized carbons (Fsp3) is 0.560. The molecule has 1 amide bonds. The number of alkyl halides is 1. The highest BCUT2D eigenvalue weighted by molar-refractivity contribution is 5.94. The topological polar surface area (TPSA) is 38.3 Å². The molecule has 1 heterocycles. The second kappa shape index (κ2) is 9.13. The van der Waals surface area contributed by atoms with E-state index in [1.807, 2.05) is 18.2 Å². The van der Waals surface area contributed by atoms with Gasteiger partial charge in [-0.15, -0.1) is 0 Å². The minimum Gasteiger partial charge on any atom is -0.381 e. The highest BCUT2D eigenvalue weighted by atomic mass is 19.1. The smallest absolute Gasteiger partial charge is 0.251 e. The maximum Gasteiger partial charge on any atom is 0.251 e. The molecule has 0 bridgehead atoms. The van der Waals surface area contributed by atoms with Crippen molar-refractivity contribution in [3.05, 3.63) is 47.0 Å². The van der Waals surface area contributed by atoms with Crippen molar-refractivity contribution in [2.24, 2.45) is 11.3 Å². The summed E-state index contributed by atoms with van der Waals surface area (Å²) in [7, 11) is 0. The fourth-order valence-corrected chi connectivity index (χ4v) is 4.38. The molecular formula is C25H30FNO2. The predicted molar refractivity (Wildman–Crippen MR) is 112 cm³/mol. The van der Waals surface area contributed by atoms with E-state index in [4.69, 9.17) is 4.74 Å². The van der Waals surface area contributed by atoms with Gasteiger partial charge in [0.2, 0.25) is 0 Å². The molecular weight excluding hydrogens is 365 g/mol. The van der Waals surface area contributed by atoms with E-state index < -0.39 is 6.17 Å². The molecule has 2 fully saturated rings. The van der Waals surface area contributed by atoms with Gasteiger partial charge >= 0.3 is 0 Å². The van der Waals surface area contributed by atoms with Gasteiger partial charge in [0.05, 0.1) is 0 Å². The van der Waals surface area contributed by atoms with Crippen molar-refractivity contribution >= 4 is 5.91 Å². The highest BCUT2D eigenvalue weighted by Crippen LogP contribution is 2.45. The molecule has 2 aliphatic carbocycles. The molecule has 1 N–H and O–H groups in total. The van der Waals surface area contributed by atoms with Crippen LogP contribution < -0.4 is 5.32 Å². The van der Waals surface area contributed by atoms with E-state index in [1.165, 1.54) is 19.3 Å². The number of ether oxygens (including phenoxy) is 1. The van der Waals surface area contributed by atoms with Gasteiger partial charge in [-0.2, -0.15) is 0 Å². The zero-order valence-corrected chi connectivity index (χ0v) is 17.0. The molecule has 3 aliphatic rings. The molecule has 1 unspecified atom stereocenters. The summed E-state index contributed by atoms with van der Waals surface area (Å²) in [4.78, 5) is 12.7. The summed E-state index contributed by atoms with van der Waals surface area (Å²) in [5, 5.41) is 3.16. The number of rotatable bonds is 5. The van der Waals surface area contributed by atoms with Crippen LogP contribution in [0, 0.1) is 23.2 Å². The maximum absolute atomic E-state index is 13.8. The first-order valence-corrected chi connectivity index (χ1v) is 11.0. The van der Waals surface area contributed by atoms with Gasteiger partial charge < -0.3 is 10.1 Å². The van der Waals surface area contributed by atoms with Crippen LogP contribution in [0.3, 0.4) is 0 Å². The Balaban J connectivity index is 1.35. The summed E-state index contributed by atoms with van der Waals surface area (Å²) >= 11 is 0. The lowest BCUT2D eigenvalue weighted by atomic mass is 9.75. The Morgan fingerprint density at radius 1 is 1.14 bits per heavy atom. The van der Waals surface area contributed by atoms with Crippen molar-refractivity contribution in [2.75, 3.05) is 19.8 Å². The van der Waals surface area contributed by atoms with E-state index in [1.54, 1.807) is 12.1 Å². The molecule has 154 valence electrons. The van der Waals surface area contributed by atoms with Crippen molar-refractivity contribution in [1.29, 1.82) is 0 Å². The van der Waals surface area contributed by atoms with Crippen LogP contribution in [0.15, 0.2) is 35.9 Å². The van der Waals surface area contributed by atoms with Gasteiger partial charge in [0.1, 0.15) is 6.17 Å². The van der Waals surface area contributed by atoms with Crippen molar-refractivity contribution in [1.82, 2.24) is 5.32 Å². The van der Waals surface area contributed by atoms with E-state index in [2.05, 4.69) is 17.2 Å². The molecule has 29 heavy (non-hydrogen) atoms. The number of hydrogen-bond acceptors (Lipinski definition) is 2. The first-order valence-electron chi connectivity index (χ1n) is 11.0. The number of carbonyl (C=O) groups excluding carboxylic acids is 1. The third-order valence-electron chi connectivity index (χ3n) is 6.46. The van der Waals surface area contributed by atoms with Gasteiger partial charge in [0.25, 0.3) is 5.91 Å². The average molecular weight is 396 g/mol. The number of allylic oxidation sites excluding steroid dienone is 2. The monoisotopic (exact) mass is 395 g/mol. The third-order valence-corrected chi connectivity index (χ3v) is 6.46. The number of halogens is 1. The summed E-state index contributed by atoms with van der Waals surface area (Å²) in [6.45, 7) is 2.32. The summed E-state index contributed by atoms with van der Waals surface area (Å²) in [6, 6.07) is 7.29. The standard InChI is InChI=1S/C25H30FNO2/c26-23-4-2-1-3-21(23)10-7-19-8-11-22(12-9-19)24(28)27-18-25(17-20-5-6-20)13-15-29-16-14-25/h3,8-9,11-12,20,23H,1-2,4-6,13-18H2,(H,27,28). The van der Waals surface area contributed by atoms with Gasteiger partial charge in [0, 0.05) is 36.5 Å². The van der Waals surface area contributed by atoms with Gasteiger partial charge in [-0.25, -0.2) is 4.39 Å². The number of carbonyl (C=O) groups is 1. The first kappa shape index (κ1) is 20.2. The lowest BCUT2D eigenvalue weighted by Crippen LogP contribution is -2.41. The lowest BCUT2D eigenvalue weighted by molar-refractivity contribution is 0.00775. The fourth-order valence-electron chi connectivity index (χ4n) is 4.38. The zero-order chi connectivity index (χ0) is 20.1. The number of nitrogens with one attached hydrogen (secondary N) is 1. The SMILES string of the molecule is O=C(NCC1(CC2CC2)CCOCC1)c1ccc(C#CC2=CCCCC2F)cc1. The van der Waals surface area contributed by atoms with E-state index in [9.17, 15) is 9.18 Å². The van der Waals surface area contributed by atoms with Crippen molar-refractivity contribution in [3.63, 3.8) is 0 Å². The second-order valence-corrected chi connectivity index (χ2v) is 8.83. The number of amides is 1. The van der Waals surface area contributed by atoms with Crippen molar-refractivity contribution < 1.29 is 13.9 Å². The Hall–Kier alpha value is -2.12. The summed E-state index contributed by atoms with van der Waals surface area (Å²) in [6.07, 6.45) is 9.25. The molecule has 0 aromatic heterocycles. The van der Waals surface area contributed by atoms with Gasteiger partial charge in [-0.1, -0.05) is 30.8 Å².